The highest BCUT2D eigenvalue weighted by molar-refractivity contribution is 5.36. The summed E-state index contributed by atoms with van der Waals surface area (Å²) < 4.78 is 4.15. The summed E-state index contributed by atoms with van der Waals surface area (Å²) in [7, 11) is 0. The molecule has 1 heterocycles. The first-order valence-electron chi connectivity index (χ1n) is 8.20. The molecule has 2 fully saturated rings. The van der Waals surface area contributed by atoms with Crippen molar-refractivity contribution >= 4 is 6.47 Å². The van der Waals surface area contributed by atoms with Crippen LogP contribution in [0.4, 0.5) is 0 Å². The van der Waals surface area contributed by atoms with E-state index in [1.807, 2.05) is 30.3 Å². The molecule has 1 aromatic rings. The zero-order valence-electron chi connectivity index (χ0n) is 13.6. The van der Waals surface area contributed by atoms with Crippen LogP contribution in [-0.2, 0) is 15.1 Å². The van der Waals surface area contributed by atoms with Gasteiger partial charge in [0.05, 0.1) is 18.2 Å². The molecule has 124 valence electrons. The lowest BCUT2D eigenvalue weighted by atomic mass is 9.66. The van der Waals surface area contributed by atoms with Gasteiger partial charge in [0.1, 0.15) is 0 Å². The predicted octanol–water partition coefficient (Wildman–Crippen LogP) is 2.07. The van der Waals surface area contributed by atoms with Gasteiger partial charge in [0.25, 0.3) is 6.47 Å². The van der Waals surface area contributed by atoms with E-state index in [0.717, 1.165) is 31.4 Å². The van der Waals surface area contributed by atoms with Crippen LogP contribution in [0.15, 0.2) is 30.3 Å². The monoisotopic (exact) mass is 315 g/mol. The van der Waals surface area contributed by atoms with Crippen LogP contribution < -0.4 is 5.32 Å². The SMILES string of the molecule is C#CC1NCC2C1CCCC2(O)c1ccccc1.CCOC=O. The van der Waals surface area contributed by atoms with E-state index in [-0.39, 0.29) is 12.0 Å². The molecule has 1 aliphatic heterocycles. The molecule has 0 aromatic heterocycles. The highest BCUT2D eigenvalue weighted by Crippen LogP contribution is 2.47. The molecular weight excluding hydrogens is 290 g/mol. The van der Waals surface area contributed by atoms with Crippen LogP contribution >= 0.6 is 0 Å². The molecule has 4 heteroatoms. The van der Waals surface area contributed by atoms with E-state index in [0.29, 0.717) is 19.0 Å². The number of aliphatic hydroxyl groups is 1. The molecule has 0 radical (unpaired) electrons. The average Bonchev–Trinajstić information content (AvgIpc) is 3.02. The van der Waals surface area contributed by atoms with Gasteiger partial charge in [0, 0.05) is 12.5 Å². The normalized spacial score (nSPS) is 32.0. The Bertz CT molecular complexity index is 539. The summed E-state index contributed by atoms with van der Waals surface area (Å²) in [5, 5.41) is 14.5. The van der Waals surface area contributed by atoms with Gasteiger partial charge in [0.2, 0.25) is 0 Å². The Morgan fingerprint density at radius 3 is 2.78 bits per heavy atom. The molecule has 4 atom stereocenters. The van der Waals surface area contributed by atoms with Crippen molar-refractivity contribution in [1.82, 2.24) is 5.32 Å². The summed E-state index contributed by atoms with van der Waals surface area (Å²) in [5.41, 5.74) is 0.335. The Hall–Kier alpha value is -1.83. The Labute approximate surface area is 138 Å². The molecule has 4 nitrogen and oxygen atoms in total. The molecule has 1 aromatic carbocycles. The second-order valence-corrected chi connectivity index (χ2v) is 6.06. The second-order valence-electron chi connectivity index (χ2n) is 6.06. The summed E-state index contributed by atoms with van der Waals surface area (Å²) in [4.78, 5) is 9.18. The van der Waals surface area contributed by atoms with Crippen LogP contribution in [0, 0.1) is 24.2 Å². The van der Waals surface area contributed by atoms with E-state index in [9.17, 15) is 9.90 Å². The first-order valence-corrected chi connectivity index (χ1v) is 8.20. The Kier molecular flexibility index (Phi) is 6.20. The molecule has 0 amide bonds. The maximum absolute atomic E-state index is 11.1. The highest BCUT2D eigenvalue weighted by atomic mass is 16.5. The largest absolute Gasteiger partial charge is 0.468 e. The van der Waals surface area contributed by atoms with Gasteiger partial charge in [-0.1, -0.05) is 36.3 Å². The molecule has 1 saturated carbocycles. The van der Waals surface area contributed by atoms with Crippen molar-refractivity contribution in [1.29, 1.82) is 0 Å². The second kappa shape index (κ2) is 8.14. The highest BCUT2D eigenvalue weighted by Gasteiger charge is 2.50. The number of nitrogens with one attached hydrogen (secondary N) is 1. The van der Waals surface area contributed by atoms with Gasteiger partial charge < -0.3 is 15.2 Å². The van der Waals surface area contributed by atoms with Gasteiger partial charge in [-0.15, -0.1) is 6.42 Å². The van der Waals surface area contributed by atoms with Crippen LogP contribution in [0.5, 0.6) is 0 Å². The molecule has 1 aliphatic carbocycles. The lowest BCUT2D eigenvalue weighted by molar-refractivity contribution is -0.128. The summed E-state index contributed by atoms with van der Waals surface area (Å²) >= 11 is 0. The molecular formula is C19H25NO3. The number of ether oxygens (including phenoxy) is 1. The number of terminal acetylenes is 1. The van der Waals surface area contributed by atoms with Crippen molar-refractivity contribution in [3.8, 4) is 12.3 Å². The Morgan fingerprint density at radius 1 is 1.48 bits per heavy atom. The van der Waals surface area contributed by atoms with Crippen molar-refractivity contribution in [2.24, 2.45) is 11.8 Å². The first kappa shape index (κ1) is 17.5. The van der Waals surface area contributed by atoms with Gasteiger partial charge in [-0.2, -0.15) is 0 Å². The number of carbonyl (C=O) groups excluding carboxylic acids is 1. The van der Waals surface area contributed by atoms with E-state index in [4.69, 9.17) is 6.42 Å². The third kappa shape index (κ3) is 3.74. The quantitative estimate of drug-likeness (QED) is 0.662. The van der Waals surface area contributed by atoms with Crippen molar-refractivity contribution < 1.29 is 14.6 Å². The van der Waals surface area contributed by atoms with Gasteiger partial charge in [-0.3, -0.25) is 4.79 Å². The van der Waals surface area contributed by atoms with Gasteiger partial charge >= 0.3 is 0 Å². The van der Waals surface area contributed by atoms with E-state index in [1.54, 1.807) is 6.92 Å². The molecule has 4 unspecified atom stereocenters. The van der Waals surface area contributed by atoms with Crippen LogP contribution in [0.3, 0.4) is 0 Å². The van der Waals surface area contributed by atoms with E-state index >= 15 is 0 Å². The number of benzene rings is 1. The first-order chi connectivity index (χ1) is 11.2. The molecule has 0 spiro atoms. The van der Waals surface area contributed by atoms with Crippen LogP contribution in [0.25, 0.3) is 0 Å². The summed E-state index contributed by atoms with van der Waals surface area (Å²) in [6, 6.07) is 10.2. The number of hydrogen-bond acceptors (Lipinski definition) is 4. The minimum atomic E-state index is -0.706. The number of fused-ring (bicyclic) bond motifs is 1. The third-order valence-electron chi connectivity index (χ3n) is 4.90. The number of rotatable bonds is 3. The zero-order chi connectivity index (χ0) is 16.7. The smallest absolute Gasteiger partial charge is 0.293 e. The topological polar surface area (TPSA) is 58.6 Å². The maximum Gasteiger partial charge on any atom is 0.293 e. The van der Waals surface area contributed by atoms with Crippen LogP contribution in [-0.4, -0.2) is 30.8 Å². The van der Waals surface area contributed by atoms with Crippen molar-refractivity contribution in [2.45, 2.75) is 37.8 Å². The van der Waals surface area contributed by atoms with Crippen LogP contribution in [0.1, 0.15) is 31.7 Å². The summed E-state index contributed by atoms with van der Waals surface area (Å²) in [5.74, 6) is 3.49. The summed E-state index contributed by atoms with van der Waals surface area (Å²) in [6.45, 7) is 3.49. The van der Waals surface area contributed by atoms with Crippen molar-refractivity contribution in [2.75, 3.05) is 13.2 Å². The molecule has 1 saturated heterocycles. The van der Waals surface area contributed by atoms with Gasteiger partial charge in [-0.05, 0) is 37.7 Å². The van der Waals surface area contributed by atoms with Crippen LogP contribution in [0.2, 0.25) is 0 Å². The third-order valence-corrected chi connectivity index (χ3v) is 4.90. The predicted molar refractivity (Wildman–Crippen MR) is 89.5 cm³/mol. The Morgan fingerprint density at radius 2 is 2.22 bits per heavy atom. The van der Waals surface area contributed by atoms with Crippen molar-refractivity contribution in [3.05, 3.63) is 35.9 Å². The van der Waals surface area contributed by atoms with E-state index in [1.165, 1.54) is 0 Å². The van der Waals surface area contributed by atoms with Crippen molar-refractivity contribution in [3.63, 3.8) is 0 Å². The molecule has 3 rings (SSSR count). The maximum atomic E-state index is 11.1. The fourth-order valence-corrected chi connectivity index (χ4v) is 3.81. The zero-order valence-corrected chi connectivity index (χ0v) is 13.6. The standard InChI is InChI=1S/C16H19NO.C3H6O2/c1-2-15-13-9-6-10-16(18,14(13)11-17-15)12-7-4-3-5-8-12;1-2-5-3-4/h1,3-5,7-8,13-15,17-18H,6,9-11H2;3H,2H2,1H3. The lowest BCUT2D eigenvalue weighted by Gasteiger charge is -2.42. The molecule has 2 N–H and O–H groups in total. The number of carbonyl (C=O) groups is 1. The fraction of sp³-hybridized carbons (Fsp3) is 0.526. The summed E-state index contributed by atoms with van der Waals surface area (Å²) in [6.07, 6.45) is 8.59. The molecule has 2 aliphatic rings. The minimum absolute atomic E-state index is 0.130. The number of hydrogen-bond donors (Lipinski definition) is 2. The van der Waals surface area contributed by atoms with Gasteiger partial charge in [0.15, 0.2) is 0 Å². The lowest BCUT2D eigenvalue weighted by Crippen LogP contribution is -2.43. The Balaban J connectivity index is 0.000000338. The fourth-order valence-electron chi connectivity index (χ4n) is 3.81. The van der Waals surface area contributed by atoms with E-state index in [2.05, 4.69) is 16.0 Å². The van der Waals surface area contributed by atoms with E-state index < -0.39 is 5.60 Å². The van der Waals surface area contributed by atoms with Gasteiger partial charge in [-0.25, -0.2) is 0 Å². The molecule has 23 heavy (non-hydrogen) atoms. The minimum Gasteiger partial charge on any atom is -0.468 e. The average molecular weight is 315 g/mol. The molecule has 0 bridgehead atoms.